The quantitative estimate of drug-likeness (QED) is 0.894. The van der Waals surface area contributed by atoms with Crippen molar-refractivity contribution in [3.63, 3.8) is 0 Å². The minimum absolute atomic E-state index is 0.0678. The molecular formula is C13H18FNO2S. The first-order valence-corrected chi connectivity index (χ1v) is 7.60. The number of benzene rings is 1. The van der Waals surface area contributed by atoms with Crippen molar-refractivity contribution in [2.45, 2.75) is 31.6 Å². The summed E-state index contributed by atoms with van der Waals surface area (Å²) in [4.78, 5) is -0.274. The summed E-state index contributed by atoms with van der Waals surface area (Å²) in [5.74, 6) is -0.278. The Morgan fingerprint density at radius 1 is 1.33 bits per heavy atom. The van der Waals surface area contributed by atoms with Gasteiger partial charge in [0.15, 0.2) is 0 Å². The summed E-state index contributed by atoms with van der Waals surface area (Å²) < 4.78 is 40.0. The summed E-state index contributed by atoms with van der Waals surface area (Å²) in [6, 6.07) is 5.44. The molecule has 0 heterocycles. The lowest BCUT2D eigenvalue weighted by Gasteiger charge is -2.20. The smallest absolute Gasteiger partial charge is 0.210 e. The maximum Gasteiger partial charge on any atom is 0.243 e. The number of hydrogen-bond donors (Lipinski definition) is 1. The van der Waals surface area contributed by atoms with Crippen LogP contribution in [0, 0.1) is 17.2 Å². The van der Waals surface area contributed by atoms with Gasteiger partial charge in [0.25, 0.3) is 0 Å². The van der Waals surface area contributed by atoms with Gasteiger partial charge < -0.3 is 0 Å². The molecule has 1 aliphatic carbocycles. The molecule has 1 aromatic carbocycles. The molecule has 1 aliphatic rings. The zero-order chi connectivity index (χ0) is 13.4. The van der Waals surface area contributed by atoms with E-state index in [-0.39, 0.29) is 10.3 Å². The second-order valence-corrected chi connectivity index (χ2v) is 7.01. The lowest BCUT2D eigenvalue weighted by Crippen LogP contribution is -2.33. The summed E-state index contributed by atoms with van der Waals surface area (Å²) in [6.45, 7) is 4.57. The van der Waals surface area contributed by atoms with Crippen molar-refractivity contribution in [2.24, 2.45) is 11.3 Å². The highest BCUT2D eigenvalue weighted by Crippen LogP contribution is 2.51. The average Bonchev–Trinajstić information content (AvgIpc) is 3.08. The van der Waals surface area contributed by atoms with Gasteiger partial charge in [-0.1, -0.05) is 26.0 Å². The summed E-state index contributed by atoms with van der Waals surface area (Å²) in [6.07, 6.45) is 2.06. The number of hydrogen-bond acceptors (Lipinski definition) is 2. The fourth-order valence-electron chi connectivity index (χ4n) is 2.10. The largest absolute Gasteiger partial charge is 0.243 e. The third kappa shape index (κ3) is 2.57. The third-order valence-electron chi connectivity index (χ3n) is 3.86. The summed E-state index contributed by atoms with van der Waals surface area (Å²) >= 11 is 0. The van der Waals surface area contributed by atoms with Crippen molar-refractivity contribution in [3.05, 3.63) is 30.1 Å². The summed E-state index contributed by atoms with van der Waals surface area (Å²) in [5, 5.41) is 0. The molecule has 0 amide bonds. The molecule has 2 rings (SSSR count). The van der Waals surface area contributed by atoms with E-state index in [1.165, 1.54) is 18.2 Å². The van der Waals surface area contributed by atoms with Gasteiger partial charge in [-0.2, -0.15) is 0 Å². The molecule has 0 radical (unpaired) electrons. The first-order valence-electron chi connectivity index (χ1n) is 6.12. The number of halogens is 1. The lowest BCUT2D eigenvalue weighted by molar-refractivity contribution is 0.357. The van der Waals surface area contributed by atoms with Crippen LogP contribution < -0.4 is 4.72 Å². The maximum absolute atomic E-state index is 13.5. The van der Waals surface area contributed by atoms with Gasteiger partial charge >= 0.3 is 0 Å². The molecule has 0 spiro atoms. The normalized spacial score (nSPS) is 18.0. The second kappa shape index (κ2) is 4.63. The van der Waals surface area contributed by atoms with Crippen molar-refractivity contribution in [1.29, 1.82) is 0 Å². The van der Waals surface area contributed by atoms with Crippen LogP contribution in [0.25, 0.3) is 0 Å². The Bertz CT molecular complexity index is 536. The zero-order valence-electron chi connectivity index (χ0n) is 10.6. The van der Waals surface area contributed by atoms with E-state index in [1.807, 2.05) is 0 Å². The van der Waals surface area contributed by atoms with Crippen LogP contribution in [0.15, 0.2) is 29.2 Å². The fraction of sp³-hybridized carbons (Fsp3) is 0.538. The van der Waals surface area contributed by atoms with E-state index in [0.717, 1.165) is 18.9 Å². The molecule has 0 atom stereocenters. The van der Waals surface area contributed by atoms with Gasteiger partial charge in [0, 0.05) is 6.54 Å². The summed E-state index contributed by atoms with van der Waals surface area (Å²) in [5.41, 5.74) is 0.0678. The summed E-state index contributed by atoms with van der Waals surface area (Å²) in [7, 11) is -3.74. The molecule has 0 saturated heterocycles. The Morgan fingerprint density at radius 2 is 1.94 bits per heavy atom. The van der Waals surface area contributed by atoms with E-state index < -0.39 is 15.8 Å². The van der Waals surface area contributed by atoms with E-state index in [1.54, 1.807) is 0 Å². The van der Waals surface area contributed by atoms with Crippen LogP contribution in [0.3, 0.4) is 0 Å². The monoisotopic (exact) mass is 271 g/mol. The van der Waals surface area contributed by atoms with E-state index in [9.17, 15) is 12.8 Å². The molecule has 0 bridgehead atoms. The molecule has 1 fully saturated rings. The molecule has 0 unspecified atom stereocenters. The van der Waals surface area contributed by atoms with Gasteiger partial charge in [0.05, 0.1) is 0 Å². The van der Waals surface area contributed by atoms with E-state index in [4.69, 9.17) is 0 Å². The molecule has 1 aromatic rings. The van der Waals surface area contributed by atoms with Crippen LogP contribution in [-0.4, -0.2) is 15.0 Å². The van der Waals surface area contributed by atoms with Crippen LogP contribution in [0.1, 0.15) is 26.7 Å². The number of sulfonamides is 1. The number of nitrogens with one attached hydrogen (secondary N) is 1. The zero-order valence-corrected chi connectivity index (χ0v) is 11.4. The first kappa shape index (κ1) is 13.5. The Labute approximate surface area is 107 Å². The average molecular weight is 271 g/mol. The maximum atomic E-state index is 13.5. The highest BCUT2D eigenvalue weighted by atomic mass is 32.2. The predicted octanol–water partition coefficient (Wildman–Crippen LogP) is 2.54. The Hall–Kier alpha value is -0.940. The highest BCUT2D eigenvalue weighted by molar-refractivity contribution is 7.89. The van der Waals surface area contributed by atoms with Gasteiger partial charge in [-0.3, -0.25) is 0 Å². The van der Waals surface area contributed by atoms with Crippen molar-refractivity contribution >= 4 is 10.0 Å². The van der Waals surface area contributed by atoms with E-state index >= 15 is 0 Å². The van der Waals surface area contributed by atoms with Crippen LogP contribution >= 0.6 is 0 Å². The predicted molar refractivity (Wildman–Crippen MR) is 68.1 cm³/mol. The van der Waals surface area contributed by atoms with Gasteiger partial charge in [-0.25, -0.2) is 17.5 Å². The Balaban J connectivity index is 2.12. The van der Waals surface area contributed by atoms with E-state index in [2.05, 4.69) is 18.6 Å². The van der Waals surface area contributed by atoms with Gasteiger partial charge in [0.1, 0.15) is 10.7 Å². The van der Waals surface area contributed by atoms with Gasteiger partial charge in [0.2, 0.25) is 10.0 Å². The minimum atomic E-state index is -3.74. The van der Waals surface area contributed by atoms with Crippen molar-refractivity contribution in [3.8, 4) is 0 Å². The van der Waals surface area contributed by atoms with E-state index in [0.29, 0.717) is 12.5 Å². The first-order chi connectivity index (χ1) is 8.37. The Morgan fingerprint density at radius 3 is 2.44 bits per heavy atom. The molecule has 5 heteroatoms. The highest BCUT2D eigenvalue weighted by Gasteiger charge is 2.45. The molecule has 1 N–H and O–H groups in total. The molecular weight excluding hydrogens is 253 g/mol. The third-order valence-corrected chi connectivity index (χ3v) is 5.29. The van der Waals surface area contributed by atoms with Gasteiger partial charge in [-0.15, -0.1) is 0 Å². The SMILES string of the molecule is CC(C)C1(CNS(=O)(=O)c2ccccc2F)CC1. The van der Waals surface area contributed by atoms with Crippen LogP contribution in [0.4, 0.5) is 4.39 Å². The van der Waals surface area contributed by atoms with Crippen molar-refractivity contribution < 1.29 is 12.8 Å². The van der Waals surface area contributed by atoms with Crippen molar-refractivity contribution in [1.82, 2.24) is 4.72 Å². The second-order valence-electron chi connectivity index (χ2n) is 5.27. The van der Waals surface area contributed by atoms with Gasteiger partial charge in [-0.05, 0) is 36.3 Å². The topological polar surface area (TPSA) is 46.2 Å². The van der Waals surface area contributed by atoms with Crippen molar-refractivity contribution in [2.75, 3.05) is 6.54 Å². The standard InChI is InChI=1S/C13H18FNO2S/c1-10(2)13(7-8-13)9-15-18(16,17)12-6-4-3-5-11(12)14/h3-6,10,15H,7-9H2,1-2H3. The fourth-order valence-corrected chi connectivity index (χ4v) is 3.31. The molecule has 0 aromatic heterocycles. The Kier molecular flexibility index (Phi) is 3.47. The van der Waals surface area contributed by atoms with Crippen LogP contribution in [-0.2, 0) is 10.0 Å². The van der Waals surface area contributed by atoms with Crippen LogP contribution in [0.2, 0.25) is 0 Å². The molecule has 1 saturated carbocycles. The van der Waals surface area contributed by atoms with Crippen LogP contribution in [0.5, 0.6) is 0 Å². The number of rotatable bonds is 5. The molecule has 18 heavy (non-hydrogen) atoms. The lowest BCUT2D eigenvalue weighted by atomic mass is 9.93. The molecule has 100 valence electrons. The minimum Gasteiger partial charge on any atom is -0.210 e. The molecule has 3 nitrogen and oxygen atoms in total. The molecule has 0 aliphatic heterocycles.